The third-order valence-corrected chi connectivity index (χ3v) is 0.682. The van der Waals surface area contributed by atoms with Gasteiger partial charge in [0, 0.05) is 0 Å². The van der Waals surface area contributed by atoms with Gasteiger partial charge in [-0.2, -0.15) is 5.10 Å². The molecule has 0 fully saturated rings. The Morgan fingerprint density at radius 3 is 2.91 bits per heavy atom. The molecule has 5 heteroatoms. The summed E-state index contributed by atoms with van der Waals surface area (Å²) in [7, 11) is 0. The summed E-state index contributed by atoms with van der Waals surface area (Å²) in [6, 6.07) is -0.741. The van der Waals surface area contributed by atoms with Gasteiger partial charge in [0.2, 0.25) is 0 Å². The molecule has 5 nitrogen and oxygen atoms in total. The monoisotopic (exact) mass is 155 g/mol. The molecule has 0 aromatic rings. The molecule has 0 aliphatic carbocycles. The zero-order valence-electron chi connectivity index (χ0n) is 6.09. The lowest BCUT2D eigenvalue weighted by Crippen LogP contribution is -2.25. The first-order valence-electron chi connectivity index (χ1n) is 2.86. The van der Waals surface area contributed by atoms with Crippen molar-refractivity contribution in [3.63, 3.8) is 0 Å². The minimum Gasteiger partial charge on any atom is -0.384 e. The SMILES string of the molecule is CC(C#CCO)=NNC(N)=O. The van der Waals surface area contributed by atoms with E-state index in [1.807, 2.05) is 5.43 Å². The number of hydrazone groups is 1. The summed E-state index contributed by atoms with van der Waals surface area (Å²) in [5.74, 6) is 4.82. The highest BCUT2D eigenvalue weighted by molar-refractivity contribution is 5.98. The fourth-order valence-corrected chi connectivity index (χ4v) is 0.334. The van der Waals surface area contributed by atoms with Crippen LogP contribution in [0.5, 0.6) is 0 Å². The molecule has 0 unspecified atom stereocenters. The topological polar surface area (TPSA) is 87.7 Å². The van der Waals surface area contributed by atoms with Gasteiger partial charge in [-0.15, -0.1) is 0 Å². The van der Waals surface area contributed by atoms with Crippen LogP contribution in [0.15, 0.2) is 5.10 Å². The maximum atomic E-state index is 10.1. The molecule has 0 spiro atoms. The molecule has 0 rings (SSSR count). The Labute approximate surface area is 64.3 Å². The van der Waals surface area contributed by atoms with Gasteiger partial charge in [-0.3, -0.25) is 0 Å². The van der Waals surface area contributed by atoms with Crippen molar-refractivity contribution in [1.82, 2.24) is 5.43 Å². The summed E-state index contributed by atoms with van der Waals surface area (Å²) in [4.78, 5) is 10.1. The fourth-order valence-electron chi connectivity index (χ4n) is 0.334. The minimum atomic E-state index is -0.741. The van der Waals surface area contributed by atoms with E-state index in [4.69, 9.17) is 10.8 Å². The van der Waals surface area contributed by atoms with E-state index in [9.17, 15) is 4.79 Å². The number of nitrogens with two attached hydrogens (primary N) is 1. The Balaban J connectivity index is 3.91. The molecule has 0 aliphatic rings. The molecule has 0 aliphatic heterocycles. The smallest absolute Gasteiger partial charge is 0.332 e. The van der Waals surface area contributed by atoms with Crippen LogP contribution in [-0.4, -0.2) is 23.5 Å². The lowest BCUT2D eigenvalue weighted by Gasteiger charge is -1.90. The van der Waals surface area contributed by atoms with Gasteiger partial charge in [0.05, 0.1) is 0 Å². The highest BCUT2D eigenvalue weighted by Crippen LogP contribution is 1.70. The van der Waals surface area contributed by atoms with E-state index in [-0.39, 0.29) is 6.61 Å². The highest BCUT2D eigenvalue weighted by Gasteiger charge is 1.85. The second kappa shape index (κ2) is 5.26. The molecule has 2 amide bonds. The van der Waals surface area contributed by atoms with Crippen molar-refractivity contribution in [2.24, 2.45) is 10.8 Å². The number of hydrogen-bond donors (Lipinski definition) is 3. The molecule has 0 aromatic carbocycles. The second-order valence-electron chi connectivity index (χ2n) is 1.63. The predicted molar refractivity (Wildman–Crippen MR) is 40.7 cm³/mol. The number of primary amides is 1. The Bertz CT molecular complexity index is 224. The van der Waals surface area contributed by atoms with E-state index in [1.165, 1.54) is 0 Å². The summed E-state index contributed by atoms with van der Waals surface area (Å²) in [6.45, 7) is 1.35. The van der Waals surface area contributed by atoms with Crippen LogP contribution in [0.3, 0.4) is 0 Å². The van der Waals surface area contributed by atoms with E-state index in [1.54, 1.807) is 6.92 Å². The second-order valence-corrected chi connectivity index (χ2v) is 1.63. The molecule has 0 radical (unpaired) electrons. The molecule has 4 N–H and O–H groups in total. The van der Waals surface area contributed by atoms with Crippen molar-refractivity contribution in [3.8, 4) is 11.8 Å². The summed E-state index contributed by atoms with van der Waals surface area (Å²) < 4.78 is 0. The average Bonchev–Trinajstić information content (AvgIpc) is 1.97. The molecule has 60 valence electrons. The first-order valence-corrected chi connectivity index (χ1v) is 2.86. The zero-order chi connectivity index (χ0) is 8.69. The molecule has 0 aromatic heterocycles. The number of hydrogen-bond acceptors (Lipinski definition) is 3. The van der Waals surface area contributed by atoms with Crippen molar-refractivity contribution >= 4 is 11.7 Å². The van der Waals surface area contributed by atoms with Crippen molar-refractivity contribution in [2.75, 3.05) is 6.61 Å². The maximum Gasteiger partial charge on any atom is 0.332 e. The number of aliphatic hydroxyl groups excluding tert-OH is 1. The van der Waals surface area contributed by atoms with Crippen molar-refractivity contribution in [1.29, 1.82) is 0 Å². The van der Waals surface area contributed by atoms with Crippen LogP contribution in [0.25, 0.3) is 0 Å². The Hall–Kier alpha value is -1.54. The molecule has 11 heavy (non-hydrogen) atoms. The number of nitrogens with one attached hydrogen (secondary N) is 1. The van der Waals surface area contributed by atoms with Crippen LogP contribution >= 0.6 is 0 Å². The van der Waals surface area contributed by atoms with E-state index in [0.29, 0.717) is 5.71 Å². The van der Waals surface area contributed by atoms with E-state index >= 15 is 0 Å². The zero-order valence-corrected chi connectivity index (χ0v) is 6.09. The maximum absolute atomic E-state index is 10.1. The first-order chi connectivity index (χ1) is 5.16. The summed E-state index contributed by atoms with van der Waals surface area (Å²) in [6.07, 6.45) is 0. The summed E-state index contributed by atoms with van der Waals surface area (Å²) in [5, 5.41) is 11.7. The number of aliphatic hydroxyl groups is 1. The number of carbonyl (C=O) groups excluding carboxylic acids is 1. The lowest BCUT2D eigenvalue weighted by atomic mass is 10.4. The van der Waals surface area contributed by atoms with Gasteiger partial charge in [-0.25, -0.2) is 10.2 Å². The normalized spacial score (nSPS) is 9.82. The van der Waals surface area contributed by atoms with Gasteiger partial charge in [0.25, 0.3) is 0 Å². The van der Waals surface area contributed by atoms with Crippen LogP contribution in [0.2, 0.25) is 0 Å². The molecular formula is C6H9N3O2. The molecular weight excluding hydrogens is 146 g/mol. The molecule has 0 heterocycles. The predicted octanol–water partition coefficient (Wildman–Crippen LogP) is -0.974. The summed E-state index contributed by atoms with van der Waals surface area (Å²) in [5.41, 5.74) is 7.10. The largest absolute Gasteiger partial charge is 0.384 e. The van der Waals surface area contributed by atoms with Gasteiger partial charge < -0.3 is 10.8 Å². The van der Waals surface area contributed by atoms with E-state index in [0.717, 1.165) is 0 Å². The van der Waals surface area contributed by atoms with Gasteiger partial charge in [0.15, 0.2) is 0 Å². The summed E-state index contributed by atoms with van der Waals surface area (Å²) >= 11 is 0. The number of urea groups is 1. The number of rotatable bonds is 1. The minimum absolute atomic E-state index is 0.233. The standard InChI is InChI=1S/C6H9N3O2/c1-5(3-2-4-10)8-9-6(7)11/h10H,4H2,1H3,(H3,7,9,11). The first kappa shape index (κ1) is 9.46. The lowest BCUT2D eigenvalue weighted by molar-refractivity contribution is 0.249. The Morgan fingerprint density at radius 2 is 2.45 bits per heavy atom. The van der Waals surface area contributed by atoms with Crippen molar-refractivity contribution < 1.29 is 9.90 Å². The van der Waals surface area contributed by atoms with E-state index in [2.05, 4.69) is 16.9 Å². The Kier molecular flexibility index (Phi) is 4.52. The number of nitrogens with zero attached hydrogens (tertiary/aromatic N) is 1. The average molecular weight is 155 g/mol. The number of carbonyl (C=O) groups is 1. The fraction of sp³-hybridized carbons (Fsp3) is 0.333. The molecule has 0 saturated heterocycles. The molecule has 0 atom stereocenters. The van der Waals surface area contributed by atoms with Crippen LogP contribution in [0, 0.1) is 11.8 Å². The quantitative estimate of drug-likeness (QED) is 0.258. The third kappa shape index (κ3) is 6.34. The number of amides is 2. The van der Waals surface area contributed by atoms with Crippen LogP contribution < -0.4 is 11.2 Å². The molecule has 0 bridgehead atoms. The third-order valence-electron chi connectivity index (χ3n) is 0.682. The highest BCUT2D eigenvalue weighted by atomic mass is 16.2. The van der Waals surface area contributed by atoms with Crippen molar-refractivity contribution in [3.05, 3.63) is 0 Å². The van der Waals surface area contributed by atoms with E-state index < -0.39 is 6.03 Å². The van der Waals surface area contributed by atoms with Crippen LogP contribution in [0.1, 0.15) is 6.92 Å². The van der Waals surface area contributed by atoms with Gasteiger partial charge in [-0.05, 0) is 12.8 Å². The van der Waals surface area contributed by atoms with Crippen LogP contribution in [-0.2, 0) is 0 Å². The van der Waals surface area contributed by atoms with Crippen molar-refractivity contribution in [2.45, 2.75) is 6.92 Å². The Morgan fingerprint density at radius 1 is 1.82 bits per heavy atom. The molecule has 0 saturated carbocycles. The van der Waals surface area contributed by atoms with Gasteiger partial charge >= 0.3 is 6.03 Å². The van der Waals surface area contributed by atoms with Gasteiger partial charge in [0.1, 0.15) is 12.3 Å². The van der Waals surface area contributed by atoms with Gasteiger partial charge in [-0.1, -0.05) is 5.92 Å². The van der Waals surface area contributed by atoms with Crippen LogP contribution in [0.4, 0.5) is 4.79 Å².